The first-order valence-electron chi connectivity index (χ1n) is 20.6. The second kappa shape index (κ2) is 16.4. The molecule has 0 unspecified atom stereocenters. The van der Waals surface area contributed by atoms with Gasteiger partial charge in [-0.25, -0.2) is 9.97 Å². The van der Waals surface area contributed by atoms with Crippen LogP contribution in [0.3, 0.4) is 0 Å². The largest absolute Gasteiger partial charge is 0.457 e. The summed E-state index contributed by atoms with van der Waals surface area (Å²) < 4.78 is 16.0. The van der Waals surface area contributed by atoms with Crippen LogP contribution in [0.1, 0.15) is 25.0 Å². The van der Waals surface area contributed by atoms with E-state index in [1.807, 2.05) is 79.1 Å². The van der Waals surface area contributed by atoms with E-state index in [0.29, 0.717) is 17.4 Å². The van der Waals surface area contributed by atoms with Crippen LogP contribution >= 0.6 is 0 Å². The highest BCUT2D eigenvalue weighted by molar-refractivity contribution is 6.09. The molecule has 7 heteroatoms. The average Bonchev–Trinajstić information content (AvgIpc) is 3.65. The zero-order chi connectivity index (χ0) is 41.1. The number of hydrogen-bond donors (Lipinski definition) is 0. The van der Waals surface area contributed by atoms with Crippen molar-refractivity contribution in [3.8, 4) is 73.7 Å². The van der Waals surface area contributed by atoms with Gasteiger partial charge in [0.1, 0.15) is 23.0 Å². The number of ether oxygens (including phenoxy) is 2. The summed E-state index contributed by atoms with van der Waals surface area (Å²) in [4.78, 5) is 18.9. The molecule has 0 aliphatic rings. The van der Waals surface area contributed by atoms with Gasteiger partial charge < -0.3 is 9.47 Å². The van der Waals surface area contributed by atoms with E-state index in [2.05, 4.69) is 125 Å². The van der Waals surface area contributed by atoms with E-state index < -0.39 is 0 Å². The van der Waals surface area contributed by atoms with Crippen LogP contribution in [0.4, 0.5) is 0 Å². The summed E-state index contributed by atoms with van der Waals surface area (Å²) >= 11 is 0. The van der Waals surface area contributed by atoms with Crippen molar-refractivity contribution in [2.75, 3.05) is 0 Å². The van der Waals surface area contributed by atoms with E-state index in [1.54, 1.807) is 12.4 Å². The van der Waals surface area contributed by atoms with Crippen molar-refractivity contribution >= 4 is 21.8 Å². The van der Waals surface area contributed by atoms with E-state index in [1.165, 1.54) is 11.1 Å². The normalized spacial score (nSPS) is 11.2. The summed E-state index contributed by atoms with van der Waals surface area (Å²) in [6.45, 7) is 4.36. The molecule has 7 nitrogen and oxygen atoms in total. The number of hydrogen-bond acceptors (Lipinski definition) is 6. The first-order valence-corrected chi connectivity index (χ1v) is 20.6. The third-order valence-electron chi connectivity index (χ3n) is 11.1. The van der Waals surface area contributed by atoms with Gasteiger partial charge in [-0.1, -0.05) is 86.6 Å². The molecule has 0 fully saturated rings. The molecule has 0 spiro atoms. The summed E-state index contributed by atoms with van der Waals surface area (Å²) in [5, 5.41) is 2.08. The van der Waals surface area contributed by atoms with Gasteiger partial charge in [0, 0.05) is 69.9 Å². The molecule has 4 aromatic heterocycles. The van der Waals surface area contributed by atoms with E-state index in [0.717, 1.165) is 90.9 Å². The second-order valence-corrected chi connectivity index (χ2v) is 14.8. The number of pyridine rings is 2. The quantitative estimate of drug-likeness (QED) is 0.130. The van der Waals surface area contributed by atoms with Crippen molar-refractivity contribution < 1.29 is 9.47 Å². The highest BCUT2D eigenvalue weighted by atomic mass is 16.5. The van der Waals surface area contributed by atoms with Crippen LogP contribution in [0.2, 0.25) is 0 Å². The molecule has 0 saturated carbocycles. The SMILES string of the molecule is CCc1cc(-c2ccccn2)cc(Oc2ccc3c4ccc(Oc5cc(-c6ccccn6)cc(CC)c5-c5ccccc5)cc4n(-c4ncccn4)c3c2)c1-c1ccccc1. The molecule has 6 aromatic carbocycles. The predicted molar refractivity (Wildman–Crippen MR) is 245 cm³/mol. The average molecular weight is 792 g/mol. The number of aromatic nitrogens is 5. The molecule has 0 radical (unpaired) electrons. The molecular formula is C54H41N5O2. The number of fused-ring (bicyclic) bond motifs is 3. The lowest BCUT2D eigenvalue weighted by molar-refractivity contribution is 0.484. The molecule has 0 atom stereocenters. The second-order valence-electron chi connectivity index (χ2n) is 14.8. The van der Waals surface area contributed by atoms with Crippen LogP contribution in [0, 0.1) is 0 Å². The van der Waals surface area contributed by atoms with E-state index >= 15 is 0 Å². The van der Waals surface area contributed by atoms with Crippen molar-refractivity contribution in [2.24, 2.45) is 0 Å². The molecule has 0 aliphatic carbocycles. The minimum atomic E-state index is 0.544. The Kier molecular flexibility index (Phi) is 10.0. The summed E-state index contributed by atoms with van der Waals surface area (Å²) in [7, 11) is 0. The van der Waals surface area contributed by atoms with Crippen molar-refractivity contribution in [3.05, 3.63) is 200 Å². The van der Waals surface area contributed by atoms with Gasteiger partial charge in [-0.15, -0.1) is 0 Å². The molecule has 0 aliphatic heterocycles. The molecule has 0 N–H and O–H groups in total. The Morgan fingerprint density at radius 1 is 0.410 bits per heavy atom. The van der Waals surface area contributed by atoms with Crippen molar-refractivity contribution in [3.63, 3.8) is 0 Å². The molecular weight excluding hydrogens is 751 g/mol. The smallest absolute Gasteiger partial charge is 0.234 e. The number of benzene rings is 6. The van der Waals surface area contributed by atoms with Crippen LogP contribution in [0.15, 0.2) is 189 Å². The summed E-state index contributed by atoms with van der Waals surface area (Å²) in [6, 6.07) is 55.8. The lowest BCUT2D eigenvalue weighted by atomic mass is 9.93. The first kappa shape index (κ1) is 37.4. The highest BCUT2D eigenvalue weighted by Gasteiger charge is 2.21. The summed E-state index contributed by atoms with van der Waals surface area (Å²) in [6.07, 6.45) is 8.83. The molecule has 10 aromatic rings. The molecule has 0 bridgehead atoms. The van der Waals surface area contributed by atoms with Crippen molar-refractivity contribution in [2.45, 2.75) is 26.7 Å². The molecule has 10 rings (SSSR count). The molecule has 294 valence electrons. The fourth-order valence-corrected chi connectivity index (χ4v) is 8.27. The maximum atomic E-state index is 6.98. The topological polar surface area (TPSA) is 75.0 Å². The first-order chi connectivity index (χ1) is 30.1. The van der Waals surface area contributed by atoms with E-state index in [9.17, 15) is 0 Å². The van der Waals surface area contributed by atoms with Crippen LogP contribution < -0.4 is 9.47 Å². The molecule has 61 heavy (non-hydrogen) atoms. The standard InChI is InChI=1S/C54H41N5O2/c1-3-36-30-40(46-20-11-13-26-55-46)32-50(52(36)38-16-7-5-8-17-38)60-42-22-24-44-45-25-23-43(35-49(45)59(48(44)34-42)54-57-28-15-29-58-54)61-51-33-41(47-21-12-14-27-56-47)31-37(4-2)53(51)39-18-9-6-10-19-39/h5-35H,3-4H2,1-2H3. The lowest BCUT2D eigenvalue weighted by Crippen LogP contribution is -2.00. The van der Waals surface area contributed by atoms with Gasteiger partial charge in [0.05, 0.1) is 22.4 Å². The Labute approximate surface area is 354 Å². The highest BCUT2D eigenvalue weighted by Crippen LogP contribution is 2.44. The van der Waals surface area contributed by atoms with Crippen LogP contribution in [0.25, 0.3) is 72.5 Å². The molecule has 0 saturated heterocycles. The predicted octanol–water partition coefficient (Wildman–Crippen LogP) is 13.7. The maximum absolute atomic E-state index is 6.98. The van der Waals surface area contributed by atoms with Gasteiger partial charge >= 0.3 is 0 Å². The van der Waals surface area contributed by atoms with Gasteiger partial charge in [0.15, 0.2) is 0 Å². The Morgan fingerprint density at radius 3 is 1.28 bits per heavy atom. The third kappa shape index (κ3) is 7.27. The van der Waals surface area contributed by atoms with Gasteiger partial charge in [-0.2, -0.15) is 0 Å². The van der Waals surface area contributed by atoms with Crippen LogP contribution in [0.5, 0.6) is 23.0 Å². The van der Waals surface area contributed by atoms with Crippen molar-refractivity contribution in [1.29, 1.82) is 0 Å². The zero-order valence-electron chi connectivity index (χ0n) is 33.9. The zero-order valence-corrected chi connectivity index (χ0v) is 33.9. The van der Waals surface area contributed by atoms with Gasteiger partial charge in [0.2, 0.25) is 5.95 Å². The monoisotopic (exact) mass is 791 g/mol. The lowest BCUT2D eigenvalue weighted by Gasteiger charge is -2.18. The van der Waals surface area contributed by atoms with E-state index in [-0.39, 0.29) is 0 Å². The molecule has 4 heterocycles. The van der Waals surface area contributed by atoms with Crippen LogP contribution in [-0.4, -0.2) is 24.5 Å². The fraction of sp³-hybridized carbons (Fsp3) is 0.0741. The number of aryl methyl sites for hydroxylation is 2. The van der Waals surface area contributed by atoms with Gasteiger partial charge in [-0.05, 0) is 114 Å². The van der Waals surface area contributed by atoms with E-state index in [4.69, 9.17) is 19.4 Å². The van der Waals surface area contributed by atoms with Crippen LogP contribution in [-0.2, 0) is 12.8 Å². The summed E-state index contributed by atoms with van der Waals surface area (Å²) in [5.41, 5.74) is 12.3. The Hall–Kier alpha value is -7.90. The Bertz CT molecular complexity index is 2940. The van der Waals surface area contributed by atoms with Gasteiger partial charge in [0.25, 0.3) is 0 Å². The minimum absolute atomic E-state index is 0.544. The minimum Gasteiger partial charge on any atom is -0.457 e. The third-order valence-corrected chi connectivity index (χ3v) is 11.1. The summed E-state index contributed by atoms with van der Waals surface area (Å²) in [5.74, 6) is 3.43. The maximum Gasteiger partial charge on any atom is 0.234 e. The molecule has 0 amide bonds. The Balaban J connectivity index is 1.12. The van der Waals surface area contributed by atoms with Crippen molar-refractivity contribution in [1.82, 2.24) is 24.5 Å². The number of rotatable bonds is 11. The number of nitrogens with zero attached hydrogens (tertiary/aromatic N) is 5. The Morgan fingerprint density at radius 2 is 0.852 bits per heavy atom. The van der Waals surface area contributed by atoms with Gasteiger partial charge in [-0.3, -0.25) is 14.5 Å². The fourth-order valence-electron chi connectivity index (χ4n) is 8.27.